The van der Waals surface area contributed by atoms with Gasteiger partial charge in [0.2, 0.25) is 11.8 Å². The SMILES string of the molecule is Cc1ccc2c(NC(C)c3cscn3)cccc2c1Oc1ncccc1-c1ccnc(NC2CCCN(C(=O)OC(C)(C)C)C2)n1. The molecule has 2 unspecified atom stereocenters. The zero-order valence-electron chi connectivity index (χ0n) is 26.8. The number of hydrogen-bond acceptors (Lipinski definition) is 10. The summed E-state index contributed by atoms with van der Waals surface area (Å²) in [5.74, 6) is 1.67. The van der Waals surface area contributed by atoms with E-state index < -0.39 is 5.60 Å². The van der Waals surface area contributed by atoms with Crippen molar-refractivity contribution in [3.63, 3.8) is 0 Å². The Kier molecular flexibility index (Phi) is 9.03. The maximum Gasteiger partial charge on any atom is 0.410 e. The molecule has 0 aliphatic carbocycles. The second-order valence-electron chi connectivity index (χ2n) is 12.5. The molecule has 46 heavy (non-hydrogen) atoms. The number of nitrogens with one attached hydrogen (secondary N) is 2. The summed E-state index contributed by atoms with van der Waals surface area (Å²) >= 11 is 1.59. The Morgan fingerprint density at radius 3 is 2.72 bits per heavy atom. The highest BCUT2D eigenvalue weighted by Crippen LogP contribution is 2.39. The highest BCUT2D eigenvalue weighted by Gasteiger charge is 2.28. The molecule has 3 aromatic heterocycles. The van der Waals surface area contributed by atoms with Crippen LogP contribution in [0.1, 0.15) is 57.8 Å². The minimum Gasteiger partial charge on any atom is -0.444 e. The lowest BCUT2D eigenvalue weighted by Gasteiger charge is -2.34. The molecule has 10 nitrogen and oxygen atoms in total. The largest absolute Gasteiger partial charge is 0.444 e. The number of thiazole rings is 1. The van der Waals surface area contributed by atoms with Crippen molar-refractivity contribution in [3.05, 3.63) is 83.1 Å². The van der Waals surface area contributed by atoms with Crippen LogP contribution in [0.5, 0.6) is 11.6 Å². The fraction of sp³-hybridized carbons (Fsp3) is 0.343. The van der Waals surface area contributed by atoms with E-state index in [2.05, 4.69) is 62.2 Å². The molecule has 1 aliphatic rings. The van der Waals surface area contributed by atoms with Gasteiger partial charge in [0, 0.05) is 53.4 Å². The van der Waals surface area contributed by atoms with Crippen molar-refractivity contribution in [2.45, 2.75) is 65.1 Å². The molecule has 1 fully saturated rings. The molecule has 2 atom stereocenters. The van der Waals surface area contributed by atoms with Crippen LogP contribution in [-0.2, 0) is 4.74 Å². The number of likely N-dealkylation sites (tertiary alicyclic amines) is 1. The van der Waals surface area contributed by atoms with E-state index in [1.165, 1.54) is 0 Å². The number of carbonyl (C=O) groups excluding carboxylic acids is 1. The Hall–Kier alpha value is -4.77. The lowest BCUT2D eigenvalue weighted by Crippen LogP contribution is -2.47. The number of piperidine rings is 1. The monoisotopic (exact) mass is 637 g/mol. The number of nitrogens with zero attached hydrogens (tertiary/aromatic N) is 5. The molecule has 0 saturated carbocycles. The van der Waals surface area contributed by atoms with Crippen LogP contribution in [0.4, 0.5) is 16.4 Å². The summed E-state index contributed by atoms with van der Waals surface area (Å²) in [5, 5.41) is 11.1. The van der Waals surface area contributed by atoms with Crippen molar-refractivity contribution in [1.29, 1.82) is 0 Å². The Morgan fingerprint density at radius 2 is 1.91 bits per heavy atom. The lowest BCUT2D eigenvalue weighted by atomic mass is 10.0. The molecule has 0 spiro atoms. The van der Waals surface area contributed by atoms with Crippen molar-refractivity contribution in [2.75, 3.05) is 23.7 Å². The van der Waals surface area contributed by atoms with Crippen LogP contribution in [0.2, 0.25) is 0 Å². The van der Waals surface area contributed by atoms with Crippen LogP contribution in [-0.4, -0.2) is 55.7 Å². The fourth-order valence-corrected chi connectivity index (χ4v) is 6.20. The maximum absolute atomic E-state index is 12.7. The highest BCUT2D eigenvalue weighted by atomic mass is 32.1. The van der Waals surface area contributed by atoms with Gasteiger partial charge >= 0.3 is 6.09 Å². The molecule has 6 rings (SSSR count). The minimum absolute atomic E-state index is 0.000473. The maximum atomic E-state index is 12.7. The van der Waals surface area contributed by atoms with Crippen LogP contribution in [0.3, 0.4) is 0 Å². The van der Waals surface area contributed by atoms with Gasteiger partial charge in [0.15, 0.2) is 0 Å². The van der Waals surface area contributed by atoms with Crippen molar-refractivity contribution < 1.29 is 14.3 Å². The third kappa shape index (κ3) is 7.20. The van der Waals surface area contributed by atoms with E-state index in [0.717, 1.165) is 51.9 Å². The second-order valence-corrected chi connectivity index (χ2v) is 13.2. The van der Waals surface area contributed by atoms with Gasteiger partial charge < -0.3 is 25.0 Å². The number of aryl methyl sites for hydroxylation is 1. The van der Waals surface area contributed by atoms with Crippen molar-refractivity contribution in [3.8, 4) is 22.9 Å². The number of anilines is 2. The number of pyridine rings is 1. The molecular formula is C35H39N7O3S. The third-order valence-electron chi connectivity index (χ3n) is 7.78. The average Bonchev–Trinajstić information content (AvgIpc) is 3.58. The van der Waals surface area contributed by atoms with Crippen LogP contribution in [0.25, 0.3) is 22.0 Å². The molecule has 11 heteroatoms. The Balaban J connectivity index is 1.23. The van der Waals surface area contributed by atoms with Gasteiger partial charge in [-0.3, -0.25) is 0 Å². The zero-order chi connectivity index (χ0) is 32.3. The van der Waals surface area contributed by atoms with Crippen LogP contribution in [0.15, 0.2) is 71.8 Å². The Bertz CT molecular complexity index is 1820. The summed E-state index contributed by atoms with van der Waals surface area (Å²) in [6.45, 7) is 11.0. The first kappa shape index (κ1) is 31.2. The van der Waals surface area contributed by atoms with Crippen molar-refractivity contribution >= 4 is 39.8 Å². The van der Waals surface area contributed by atoms with Crippen molar-refractivity contribution in [1.82, 2.24) is 24.8 Å². The number of benzene rings is 2. The Labute approximate surface area is 273 Å². The number of ether oxygens (including phenoxy) is 2. The topological polar surface area (TPSA) is 114 Å². The summed E-state index contributed by atoms with van der Waals surface area (Å²) in [4.78, 5) is 32.8. The molecule has 1 saturated heterocycles. The molecule has 0 bridgehead atoms. The quantitative estimate of drug-likeness (QED) is 0.174. The van der Waals surface area contributed by atoms with E-state index in [1.807, 2.05) is 57.5 Å². The number of rotatable bonds is 8. The molecule has 4 heterocycles. The molecule has 2 N–H and O–H groups in total. The summed E-state index contributed by atoms with van der Waals surface area (Å²) < 4.78 is 12.2. The molecule has 1 aliphatic heterocycles. The fourth-order valence-electron chi connectivity index (χ4n) is 5.56. The highest BCUT2D eigenvalue weighted by molar-refractivity contribution is 7.07. The molecule has 5 aromatic rings. The first-order valence-corrected chi connectivity index (χ1v) is 16.5. The van der Waals surface area contributed by atoms with Gasteiger partial charge in [-0.2, -0.15) is 0 Å². The second kappa shape index (κ2) is 13.3. The smallest absolute Gasteiger partial charge is 0.410 e. The van der Waals surface area contributed by atoms with Crippen molar-refractivity contribution in [2.24, 2.45) is 0 Å². The molecular weight excluding hydrogens is 598 g/mol. The van der Waals surface area contributed by atoms with E-state index in [9.17, 15) is 4.79 Å². The summed E-state index contributed by atoms with van der Waals surface area (Å²) in [6.07, 6.45) is 4.90. The normalized spacial score (nSPS) is 15.8. The molecule has 2 aromatic carbocycles. The van der Waals surface area contributed by atoms with E-state index in [4.69, 9.17) is 14.5 Å². The summed E-state index contributed by atoms with van der Waals surface area (Å²) in [5.41, 5.74) is 5.74. The number of fused-ring (bicyclic) bond motifs is 1. The first-order valence-electron chi connectivity index (χ1n) is 15.5. The van der Waals surface area contributed by atoms with Gasteiger partial charge in [-0.25, -0.2) is 24.7 Å². The van der Waals surface area contributed by atoms with E-state index >= 15 is 0 Å². The lowest BCUT2D eigenvalue weighted by molar-refractivity contribution is 0.0206. The third-order valence-corrected chi connectivity index (χ3v) is 8.39. The number of carbonyl (C=O) groups is 1. The van der Waals surface area contributed by atoms with Crippen LogP contribution in [0, 0.1) is 6.92 Å². The van der Waals surface area contributed by atoms with E-state index in [0.29, 0.717) is 30.6 Å². The van der Waals surface area contributed by atoms with Gasteiger partial charge in [-0.05, 0) is 77.3 Å². The summed E-state index contributed by atoms with van der Waals surface area (Å²) in [7, 11) is 0. The molecule has 0 radical (unpaired) electrons. The summed E-state index contributed by atoms with van der Waals surface area (Å²) in [6, 6.07) is 16.1. The van der Waals surface area contributed by atoms with Gasteiger partial charge in [0.05, 0.1) is 28.5 Å². The van der Waals surface area contributed by atoms with Gasteiger partial charge in [-0.15, -0.1) is 11.3 Å². The predicted molar refractivity (Wildman–Crippen MR) is 183 cm³/mol. The molecule has 1 amide bonds. The van der Waals surface area contributed by atoms with Gasteiger partial charge in [0.25, 0.3) is 0 Å². The van der Waals surface area contributed by atoms with E-state index in [-0.39, 0.29) is 18.2 Å². The first-order chi connectivity index (χ1) is 22.1. The molecule has 238 valence electrons. The standard InChI is InChI=1S/C35H39N7O3S/c1-22-13-14-25-26(10-6-12-28(25)39-23(2)30-20-46-21-38-30)31(22)44-32-27(11-7-16-36-32)29-15-17-37-33(41-29)40-24-9-8-18-42(19-24)34(43)45-35(3,4)5/h6-7,10-17,20-21,23-24,39H,8-9,18-19H2,1-5H3,(H,37,40,41). The Morgan fingerprint density at radius 1 is 1.04 bits per heavy atom. The van der Waals surface area contributed by atoms with Crippen LogP contribution >= 0.6 is 11.3 Å². The zero-order valence-corrected chi connectivity index (χ0v) is 27.6. The average molecular weight is 638 g/mol. The van der Waals surface area contributed by atoms with Gasteiger partial charge in [0.1, 0.15) is 11.4 Å². The number of amides is 1. The van der Waals surface area contributed by atoms with Crippen LogP contribution < -0.4 is 15.4 Å². The minimum atomic E-state index is -0.539. The number of aromatic nitrogens is 4. The number of hydrogen-bond donors (Lipinski definition) is 2. The predicted octanol–water partition coefficient (Wildman–Crippen LogP) is 8.23. The van der Waals surface area contributed by atoms with Gasteiger partial charge in [-0.1, -0.05) is 24.3 Å². The van der Waals surface area contributed by atoms with E-state index in [1.54, 1.807) is 28.6 Å².